The molecule has 1 aliphatic rings. The van der Waals surface area contributed by atoms with Crippen LogP contribution in [0.5, 0.6) is 0 Å². The van der Waals surface area contributed by atoms with Gasteiger partial charge in [-0.25, -0.2) is 4.39 Å². The highest BCUT2D eigenvalue weighted by atomic mass is 32.2. The largest absolute Gasteiger partial charge is 0.323 e. The summed E-state index contributed by atoms with van der Waals surface area (Å²) < 4.78 is 13.7. The van der Waals surface area contributed by atoms with Crippen LogP contribution in [-0.2, 0) is 11.2 Å². The number of hydrogen-bond donors (Lipinski definition) is 1. The monoisotopic (exact) mass is 301 g/mol. The average molecular weight is 301 g/mol. The molecule has 1 amide bonds. The van der Waals surface area contributed by atoms with Crippen LogP contribution in [-0.4, -0.2) is 11.2 Å². The van der Waals surface area contributed by atoms with Gasteiger partial charge < -0.3 is 5.32 Å². The molecule has 4 heteroatoms. The van der Waals surface area contributed by atoms with E-state index in [1.54, 1.807) is 23.9 Å². The van der Waals surface area contributed by atoms with E-state index in [2.05, 4.69) is 23.5 Å². The Morgan fingerprint density at radius 2 is 1.90 bits per heavy atom. The molecule has 21 heavy (non-hydrogen) atoms. The zero-order chi connectivity index (χ0) is 15.0. The first-order chi connectivity index (χ1) is 10.0. The van der Waals surface area contributed by atoms with Gasteiger partial charge in [0.1, 0.15) is 5.82 Å². The number of rotatable bonds is 2. The molecular weight excluding hydrogens is 285 g/mol. The first-order valence-corrected chi connectivity index (χ1v) is 7.74. The van der Waals surface area contributed by atoms with Crippen molar-refractivity contribution in [2.45, 2.75) is 30.4 Å². The lowest BCUT2D eigenvalue weighted by atomic mass is 10.1. The SMILES string of the molecule is Cc1ccc(F)c(NC(=O)C2Cc3ccc(C)cc3S2)c1. The van der Waals surface area contributed by atoms with Crippen molar-refractivity contribution in [3.63, 3.8) is 0 Å². The Kier molecular flexibility index (Phi) is 3.72. The fraction of sp³-hybridized carbons (Fsp3) is 0.235. The summed E-state index contributed by atoms with van der Waals surface area (Å²) in [4.78, 5) is 13.5. The topological polar surface area (TPSA) is 29.1 Å². The van der Waals surface area contributed by atoms with Gasteiger partial charge in [-0.05, 0) is 49.6 Å². The van der Waals surface area contributed by atoms with Crippen molar-refractivity contribution in [2.24, 2.45) is 0 Å². The normalized spacial score (nSPS) is 16.6. The van der Waals surface area contributed by atoms with Gasteiger partial charge in [0.15, 0.2) is 0 Å². The van der Waals surface area contributed by atoms with E-state index in [1.165, 1.54) is 17.2 Å². The summed E-state index contributed by atoms with van der Waals surface area (Å²) in [6, 6.07) is 10.9. The molecule has 1 unspecified atom stereocenters. The van der Waals surface area contributed by atoms with E-state index in [0.717, 1.165) is 10.5 Å². The number of carbonyl (C=O) groups is 1. The molecule has 1 heterocycles. The molecule has 0 spiro atoms. The van der Waals surface area contributed by atoms with Gasteiger partial charge in [0.2, 0.25) is 5.91 Å². The maximum atomic E-state index is 13.7. The molecule has 2 aromatic carbocycles. The second-order valence-electron chi connectivity index (χ2n) is 5.39. The van der Waals surface area contributed by atoms with Crippen LogP contribution in [0, 0.1) is 19.7 Å². The maximum Gasteiger partial charge on any atom is 0.238 e. The van der Waals surface area contributed by atoms with Crippen LogP contribution in [0.3, 0.4) is 0 Å². The van der Waals surface area contributed by atoms with Gasteiger partial charge in [-0.2, -0.15) is 0 Å². The van der Waals surface area contributed by atoms with Gasteiger partial charge in [-0.15, -0.1) is 11.8 Å². The van der Waals surface area contributed by atoms with Crippen molar-refractivity contribution >= 4 is 23.4 Å². The highest BCUT2D eigenvalue weighted by Gasteiger charge is 2.28. The Morgan fingerprint density at radius 3 is 2.71 bits per heavy atom. The second kappa shape index (κ2) is 5.53. The molecule has 2 aromatic rings. The van der Waals surface area contributed by atoms with Crippen molar-refractivity contribution < 1.29 is 9.18 Å². The van der Waals surface area contributed by atoms with Crippen LogP contribution in [0.1, 0.15) is 16.7 Å². The third-order valence-electron chi connectivity index (χ3n) is 3.57. The summed E-state index contributed by atoms with van der Waals surface area (Å²) in [5.41, 5.74) is 3.56. The quantitative estimate of drug-likeness (QED) is 0.905. The van der Waals surface area contributed by atoms with Crippen LogP contribution >= 0.6 is 11.8 Å². The lowest BCUT2D eigenvalue weighted by Crippen LogP contribution is -2.25. The van der Waals surface area contributed by atoms with Crippen molar-refractivity contribution in [1.29, 1.82) is 0 Å². The lowest BCUT2D eigenvalue weighted by molar-refractivity contribution is -0.115. The molecule has 0 fully saturated rings. The standard InChI is InChI=1S/C17H16FNOS/c1-10-4-6-13(18)14(7-10)19-17(20)16-9-12-5-3-11(2)8-15(12)21-16/h3-8,16H,9H2,1-2H3,(H,19,20). The fourth-order valence-corrected chi connectivity index (χ4v) is 3.72. The van der Waals surface area contributed by atoms with Gasteiger partial charge in [-0.1, -0.05) is 23.8 Å². The molecule has 108 valence electrons. The lowest BCUT2D eigenvalue weighted by Gasteiger charge is -2.11. The predicted octanol–water partition coefficient (Wildman–Crippen LogP) is 4.10. The third-order valence-corrected chi connectivity index (χ3v) is 4.87. The molecule has 0 bridgehead atoms. The molecule has 3 rings (SSSR count). The Labute approximate surface area is 127 Å². The number of benzene rings is 2. The number of amides is 1. The Hall–Kier alpha value is -1.81. The third kappa shape index (κ3) is 2.95. The van der Waals surface area contributed by atoms with Crippen LogP contribution in [0.2, 0.25) is 0 Å². The number of carbonyl (C=O) groups excluding carboxylic acids is 1. The van der Waals surface area contributed by atoms with Crippen LogP contribution in [0.25, 0.3) is 0 Å². The first kappa shape index (κ1) is 14.1. The van der Waals surface area contributed by atoms with E-state index in [0.29, 0.717) is 6.42 Å². The van der Waals surface area contributed by atoms with E-state index in [-0.39, 0.29) is 16.8 Å². The second-order valence-corrected chi connectivity index (χ2v) is 6.64. The molecule has 0 saturated heterocycles. The van der Waals surface area contributed by atoms with E-state index in [4.69, 9.17) is 0 Å². The molecule has 1 aliphatic heterocycles. The molecular formula is C17H16FNOS. The molecule has 1 N–H and O–H groups in total. The van der Waals surface area contributed by atoms with Crippen molar-refractivity contribution in [3.8, 4) is 0 Å². The van der Waals surface area contributed by atoms with E-state index >= 15 is 0 Å². The number of fused-ring (bicyclic) bond motifs is 1. The van der Waals surface area contributed by atoms with Crippen LogP contribution in [0.15, 0.2) is 41.3 Å². The predicted molar refractivity (Wildman–Crippen MR) is 84.3 cm³/mol. The number of aryl methyl sites for hydroxylation is 2. The Bertz CT molecular complexity index is 714. The van der Waals surface area contributed by atoms with Gasteiger partial charge >= 0.3 is 0 Å². The average Bonchev–Trinajstić information content (AvgIpc) is 2.86. The number of nitrogens with one attached hydrogen (secondary N) is 1. The molecule has 1 atom stereocenters. The summed E-state index contributed by atoms with van der Waals surface area (Å²) in [7, 11) is 0. The van der Waals surface area contributed by atoms with E-state index in [9.17, 15) is 9.18 Å². The molecule has 2 nitrogen and oxygen atoms in total. The molecule has 0 radical (unpaired) electrons. The summed E-state index contributed by atoms with van der Waals surface area (Å²) >= 11 is 1.55. The fourth-order valence-electron chi connectivity index (χ4n) is 2.43. The maximum absolute atomic E-state index is 13.7. The van der Waals surface area contributed by atoms with Crippen LogP contribution < -0.4 is 5.32 Å². The molecule has 0 aromatic heterocycles. The zero-order valence-electron chi connectivity index (χ0n) is 11.9. The minimum Gasteiger partial charge on any atom is -0.323 e. The first-order valence-electron chi connectivity index (χ1n) is 6.86. The minimum absolute atomic E-state index is 0.140. The van der Waals surface area contributed by atoms with E-state index < -0.39 is 5.82 Å². The zero-order valence-corrected chi connectivity index (χ0v) is 12.8. The number of hydrogen-bond acceptors (Lipinski definition) is 2. The summed E-state index contributed by atoms with van der Waals surface area (Å²) in [5.74, 6) is -0.538. The summed E-state index contributed by atoms with van der Waals surface area (Å²) in [6.07, 6.45) is 0.694. The smallest absolute Gasteiger partial charge is 0.238 e. The van der Waals surface area contributed by atoms with Crippen molar-refractivity contribution in [1.82, 2.24) is 0 Å². The van der Waals surface area contributed by atoms with Crippen molar-refractivity contribution in [2.75, 3.05) is 5.32 Å². The number of thioether (sulfide) groups is 1. The van der Waals surface area contributed by atoms with Crippen molar-refractivity contribution in [3.05, 3.63) is 58.9 Å². The van der Waals surface area contributed by atoms with Gasteiger partial charge in [0.25, 0.3) is 0 Å². The number of anilines is 1. The summed E-state index contributed by atoms with van der Waals surface area (Å²) in [6.45, 7) is 3.91. The van der Waals surface area contributed by atoms with Gasteiger partial charge in [0.05, 0.1) is 10.9 Å². The highest BCUT2D eigenvalue weighted by molar-refractivity contribution is 8.01. The highest BCUT2D eigenvalue weighted by Crippen LogP contribution is 2.38. The number of halogens is 1. The molecule has 0 aliphatic carbocycles. The summed E-state index contributed by atoms with van der Waals surface area (Å²) in [5, 5.41) is 2.51. The molecule has 0 saturated carbocycles. The van der Waals surface area contributed by atoms with Gasteiger partial charge in [0, 0.05) is 4.90 Å². The Balaban J connectivity index is 1.74. The van der Waals surface area contributed by atoms with E-state index in [1.807, 2.05) is 13.8 Å². The Morgan fingerprint density at radius 1 is 1.19 bits per heavy atom. The van der Waals surface area contributed by atoms with Crippen LogP contribution in [0.4, 0.5) is 10.1 Å². The minimum atomic E-state index is -0.398. The van der Waals surface area contributed by atoms with Gasteiger partial charge in [-0.3, -0.25) is 4.79 Å².